The summed E-state index contributed by atoms with van der Waals surface area (Å²) in [7, 11) is 0. The summed E-state index contributed by atoms with van der Waals surface area (Å²) in [6.45, 7) is 0. The Balaban J connectivity index is 0.000000562. The van der Waals surface area contributed by atoms with Gasteiger partial charge in [-0.15, -0.1) is 24.8 Å². The number of rotatable bonds is 1. The summed E-state index contributed by atoms with van der Waals surface area (Å²) in [6, 6.07) is 3.18. The van der Waals surface area contributed by atoms with Gasteiger partial charge in [0.1, 0.15) is 0 Å². The van der Waals surface area contributed by atoms with Crippen molar-refractivity contribution in [2.75, 3.05) is 0 Å². The zero-order chi connectivity index (χ0) is 8.84. The first-order chi connectivity index (χ1) is 6.34. The van der Waals surface area contributed by atoms with E-state index in [-0.39, 0.29) is 24.8 Å². The number of hydrogen-bond donors (Lipinski definition) is 1. The molecule has 2 N–H and O–H groups in total. The van der Waals surface area contributed by atoms with Crippen LogP contribution in [0.25, 0.3) is 0 Å². The molecule has 2 saturated heterocycles. The van der Waals surface area contributed by atoms with Gasteiger partial charge in [0, 0.05) is 24.2 Å². The SMILES string of the molecule is Cl.Cl.NC1CC2CCCC(C1)N2C1CC1. The van der Waals surface area contributed by atoms with Gasteiger partial charge in [-0.05, 0) is 38.5 Å². The monoisotopic (exact) mass is 252 g/mol. The van der Waals surface area contributed by atoms with Crippen molar-refractivity contribution in [2.24, 2.45) is 5.73 Å². The van der Waals surface area contributed by atoms with E-state index in [1.54, 1.807) is 0 Å². The summed E-state index contributed by atoms with van der Waals surface area (Å²) in [6.07, 6.45) is 9.75. The number of halogens is 2. The maximum Gasteiger partial charge on any atom is 0.0116 e. The van der Waals surface area contributed by atoms with Crippen molar-refractivity contribution < 1.29 is 0 Å². The number of nitrogens with zero attached hydrogens (tertiary/aromatic N) is 1. The zero-order valence-corrected chi connectivity index (χ0v) is 10.7. The lowest BCUT2D eigenvalue weighted by molar-refractivity contribution is 0.0242. The molecule has 0 aromatic carbocycles. The molecule has 3 aliphatic rings. The van der Waals surface area contributed by atoms with E-state index in [0.717, 1.165) is 18.1 Å². The van der Waals surface area contributed by atoms with Crippen LogP contribution in [0.4, 0.5) is 0 Å². The molecule has 2 atom stereocenters. The molecule has 0 radical (unpaired) electrons. The van der Waals surface area contributed by atoms with Gasteiger partial charge >= 0.3 is 0 Å². The molecule has 0 aromatic heterocycles. The Morgan fingerprint density at radius 1 is 0.800 bits per heavy atom. The number of piperidine rings is 2. The molecule has 3 rings (SSSR count). The Bertz CT molecular complexity index is 195. The first kappa shape index (κ1) is 13.6. The van der Waals surface area contributed by atoms with Gasteiger partial charge in [0.15, 0.2) is 0 Å². The molecule has 4 heteroatoms. The Hall–Kier alpha value is 0.500. The molecule has 0 amide bonds. The van der Waals surface area contributed by atoms with Crippen LogP contribution in [0.3, 0.4) is 0 Å². The highest BCUT2D eigenvalue weighted by atomic mass is 35.5. The van der Waals surface area contributed by atoms with E-state index < -0.39 is 0 Å². The van der Waals surface area contributed by atoms with Crippen molar-refractivity contribution in [2.45, 2.75) is 69.1 Å². The zero-order valence-electron chi connectivity index (χ0n) is 9.10. The predicted octanol–water partition coefficient (Wildman–Crippen LogP) is 2.34. The second kappa shape index (κ2) is 5.22. The average Bonchev–Trinajstić information content (AvgIpc) is 2.85. The highest BCUT2D eigenvalue weighted by Gasteiger charge is 2.43. The van der Waals surface area contributed by atoms with Gasteiger partial charge in [-0.25, -0.2) is 0 Å². The third-order valence-electron chi connectivity index (χ3n) is 4.04. The quantitative estimate of drug-likeness (QED) is 0.777. The largest absolute Gasteiger partial charge is 0.328 e. The number of nitrogens with two attached hydrogens (primary N) is 1. The smallest absolute Gasteiger partial charge is 0.0116 e. The molecule has 3 fully saturated rings. The van der Waals surface area contributed by atoms with Crippen LogP contribution in [-0.4, -0.2) is 29.1 Å². The van der Waals surface area contributed by atoms with Gasteiger partial charge in [0.2, 0.25) is 0 Å². The molecule has 2 heterocycles. The summed E-state index contributed by atoms with van der Waals surface area (Å²) < 4.78 is 0. The summed E-state index contributed by atoms with van der Waals surface area (Å²) in [5, 5.41) is 0. The van der Waals surface area contributed by atoms with Crippen molar-refractivity contribution in [3.63, 3.8) is 0 Å². The lowest BCUT2D eigenvalue weighted by atomic mass is 9.82. The molecule has 2 aliphatic heterocycles. The van der Waals surface area contributed by atoms with Gasteiger partial charge < -0.3 is 5.73 Å². The topological polar surface area (TPSA) is 29.3 Å². The lowest BCUT2D eigenvalue weighted by Gasteiger charge is -2.48. The fraction of sp³-hybridized carbons (Fsp3) is 1.00. The lowest BCUT2D eigenvalue weighted by Crippen LogP contribution is -2.56. The fourth-order valence-electron chi connectivity index (χ4n) is 3.43. The second-order valence-electron chi connectivity index (χ2n) is 5.15. The summed E-state index contributed by atoms with van der Waals surface area (Å²) in [5.41, 5.74) is 6.08. The van der Waals surface area contributed by atoms with E-state index in [2.05, 4.69) is 4.90 Å². The van der Waals surface area contributed by atoms with Crippen molar-refractivity contribution in [3.8, 4) is 0 Å². The molecule has 2 bridgehead atoms. The Kier molecular flexibility index (Phi) is 4.72. The summed E-state index contributed by atoms with van der Waals surface area (Å²) >= 11 is 0. The highest BCUT2D eigenvalue weighted by Crippen LogP contribution is 2.41. The first-order valence-corrected chi connectivity index (χ1v) is 5.87. The van der Waals surface area contributed by atoms with Gasteiger partial charge in [-0.1, -0.05) is 6.42 Å². The average molecular weight is 253 g/mol. The van der Waals surface area contributed by atoms with Crippen LogP contribution in [0.1, 0.15) is 44.9 Å². The van der Waals surface area contributed by atoms with Crippen LogP contribution < -0.4 is 5.73 Å². The third kappa shape index (κ3) is 2.60. The minimum Gasteiger partial charge on any atom is -0.328 e. The normalized spacial score (nSPS) is 40.2. The maximum absolute atomic E-state index is 6.08. The van der Waals surface area contributed by atoms with Gasteiger partial charge in [-0.3, -0.25) is 4.90 Å². The predicted molar refractivity (Wildman–Crippen MR) is 68.0 cm³/mol. The molecule has 15 heavy (non-hydrogen) atoms. The van der Waals surface area contributed by atoms with Crippen molar-refractivity contribution in [1.29, 1.82) is 0 Å². The number of hydrogen-bond acceptors (Lipinski definition) is 2. The minimum atomic E-state index is 0. The maximum atomic E-state index is 6.08. The molecule has 0 spiro atoms. The van der Waals surface area contributed by atoms with Crippen LogP contribution in [0.15, 0.2) is 0 Å². The Labute approximate surface area is 105 Å². The van der Waals surface area contributed by atoms with Crippen LogP contribution in [0.2, 0.25) is 0 Å². The van der Waals surface area contributed by atoms with Crippen molar-refractivity contribution in [3.05, 3.63) is 0 Å². The van der Waals surface area contributed by atoms with Gasteiger partial charge in [-0.2, -0.15) is 0 Å². The molecular weight excluding hydrogens is 231 g/mol. The molecule has 2 nitrogen and oxygen atoms in total. The van der Waals surface area contributed by atoms with Gasteiger partial charge in [0.25, 0.3) is 0 Å². The molecule has 1 saturated carbocycles. The van der Waals surface area contributed by atoms with E-state index in [0.29, 0.717) is 6.04 Å². The first-order valence-electron chi connectivity index (χ1n) is 5.87. The number of fused-ring (bicyclic) bond motifs is 2. The molecule has 1 aliphatic carbocycles. The Morgan fingerprint density at radius 2 is 1.33 bits per heavy atom. The standard InChI is InChI=1S/C11H20N2.2ClH/c12-8-6-10-2-1-3-11(7-8)13(10)9-4-5-9;;/h8-11H,1-7,12H2;2*1H. The Morgan fingerprint density at radius 3 is 1.80 bits per heavy atom. The third-order valence-corrected chi connectivity index (χ3v) is 4.04. The van der Waals surface area contributed by atoms with Crippen LogP contribution in [-0.2, 0) is 0 Å². The van der Waals surface area contributed by atoms with E-state index in [1.807, 2.05) is 0 Å². The van der Waals surface area contributed by atoms with Crippen molar-refractivity contribution >= 4 is 24.8 Å². The van der Waals surface area contributed by atoms with Crippen LogP contribution >= 0.6 is 24.8 Å². The molecular formula is C11H22Cl2N2. The highest BCUT2D eigenvalue weighted by molar-refractivity contribution is 5.85. The second-order valence-corrected chi connectivity index (χ2v) is 5.15. The molecule has 2 unspecified atom stereocenters. The van der Waals surface area contributed by atoms with E-state index in [9.17, 15) is 0 Å². The van der Waals surface area contributed by atoms with Crippen LogP contribution in [0.5, 0.6) is 0 Å². The van der Waals surface area contributed by atoms with Gasteiger partial charge in [0.05, 0.1) is 0 Å². The van der Waals surface area contributed by atoms with E-state index in [4.69, 9.17) is 5.73 Å². The van der Waals surface area contributed by atoms with Crippen molar-refractivity contribution in [1.82, 2.24) is 4.90 Å². The summed E-state index contributed by atoms with van der Waals surface area (Å²) in [5.74, 6) is 0. The van der Waals surface area contributed by atoms with E-state index >= 15 is 0 Å². The minimum absolute atomic E-state index is 0. The molecule has 90 valence electrons. The van der Waals surface area contributed by atoms with E-state index in [1.165, 1.54) is 44.9 Å². The summed E-state index contributed by atoms with van der Waals surface area (Å²) in [4.78, 5) is 2.83. The fourth-order valence-corrected chi connectivity index (χ4v) is 3.43. The molecule has 0 aromatic rings. The van der Waals surface area contributed by atoms with Crippen LogP contribution in [0, 0.1) is 0 Å².